The number of hydrogen-bond donors (Lipinski definition) is 0. The maximum Gasteiger partial charge on any atom is 0.434 e. The van der Waals surface area contributed by atoms with E-state index in [1.165, 1.54) is 13.3 Å². The summed E-state index contributed by atoms with van der Waals surface area (Å²) in [6.45, 7) is 1.22. The number of anilines is 1. The minimum Gasteiger partial charge on any atom is -0.467 e. The van der Waals surface area contributed by atoms with Crippen molar-refractivity contribution in [1.29, 1.82) is 0 Å². The SMILES string of the molecule is COc1ncc(Cl)c(N2CCCC(c3nc(C(F)(F)F)cs3)C2)n1. The summed E-state index contributed by atoms with van der Waals surface area (Å²) in [5, 5.41) is 1.94. The Morgan fingerprint density at radius 1 is 1.38 bits per heavy atom. The van der Waals surface area contributed by atoms with Gasteiger partial charge < -0.3 is 9.64 Å². The Bertz CT molecular complexity index is 724. The van der Waals surface area contributed by atoms with Crippen LogP contribution in [0.5, 0.6) is 6.01 Å². The zero-order chi connectivity index (χ0) is 17.3. The number of thiazole rings is 1. The third-order valence-corrected chi connectivity index (χ3v) is 5.04. The second-order valence-corrected chi connectivity index (χ2v) is 6.68. The van der Waals surface area contributed by atoms with Gasteiger partial charge in [-0.1, -0.05) is 11.6 Å². The second kappa shape index (κ2) is 6.72. The van der Waals surface area contributed by atoms with E-state index >= 15 is 0 Å². The Hall–Kier alpha value is -1.61. The second-order valence-electron chi connectivity index (χ2n) is 5.38. The molecular formula is C14H14ClF3N4OS. The summed E-state index contributed by atoms with van der Waals surface area (Å²) in [6.07, 6.45) is -1.36. The quantitative estimate of drug-likeness (QED) is 0.808. The number of halogens is 4. The van der Waals surface area contributed by atoms with Crippen LogP contribution in [0.1, 0.15) is 29.5 Å². The summed E-state index contributed by atoms with van der Waals surface area (Å²) in [4.78, 5) is 13.9. The van der Waals surface area contributed by atoms with Crippen LogP contribution in [-0.4, -0.2) is 35.2 Å². The van der Waals surface area contributed by atoms with Gasteiger partial charge in [-0.25, -0.2) is 9.97 Å². The summed E-state index contributed by atoms with van der Waals surface area (Å²) in [5.41, 5.74) is -0.832. The Balaban J connectivity index is 1.81. The molecular weight excluding hydrogens is 365 g/mol. The average molecular weight is 379 g/mol. The van der Waals surface area contributed by atoms with E-state index < -0.39 is 11.9 Å². The molecule has 3 heterocycles. The predicted molar refractivity (Wildman–Crippen MR) is 84.9 cm³/mol. The summed E-state index contributed by atoms with van der Waals surface area (Å²) in [5.74, 6) is 0.442. The van der Waals surface area contributed by atoms with Gasteiger partial charge in [0.1, 0.15) is 5.02 Å². The van der Waals surface area contributed by atoms with Crippen LogP contribution < -0.4 is 9.64 Å². The smallest absolute Gasteiger partial charge is 0.434 e. The molecule has 1 saturated heterocycles. The van der Waals surface area contributed by atoms with Crippen molar-refractivity contribution in [2.75, 3.05) is 25.1 Å². The van der Waals surface area contributed by atoms with Crippen molar-refractivity contribution in [3.05, 3.63) is 27.3 Å². The number of ether oxygens (including phenoxy) is 1. The fourth-order valence-corrected chi connectivity index (χ4v) is 3.80. The van der Waals surface area contributed by atoms with Crippen LogP contribution in [0, 0.1) is 0 Å². The highest BCUT2D eigenvalue weighted by Gasteiger charge is 2.35. The Labute approximate surface area is 145 Å². The first-order valence-corrected chi connectivity index (χ1v) is 8.48. The molecule has 0 saturated carbocycles. The summed E-state index contributed by atoms with van der Waals surface area (Å²) >= 11 is 7.20. The number of methoxy groups -OCH3 is 1. The van der Waals surface area contributed by atoms with Gasteiger partial charge in [0.15, 0.2) is 11.5 Å². The summed E-state index contributed by atoms with van der Waals surface area (Å²) in [7, 11) is 1.46. The first-order valence-electron chi connectivity index (χ1n) is 7.22. The van der Waals surface area contributed by atoms with Crippen LogP contribution in [0.3, 0.4) is 0 Å². The van der Waals surface area contributed by atoms with E-state index in [9.17, 15) is 13.2 Å². The molecule has 1 unspecified atom stereocenters. The maximum atomic E-state index is 12.7. The van der Waals surface area contributed by atoms with Gasteiger partial charge in [0.25, 0.3) is 0 Å². The van der Waals surface area contributed by atoms with Crippen LogP contribution in [-0.2, 0) is 6.18 Å². The molecule has 10 heteroatoms. The van der Waals surface area contributed by atoms with Crippen LogP contribution >= 0.6 is 22.9 Å². The first kappa shape index (κ1) is 17.2. The third-order valence-electron chi connectivity index (χ3n) is 3.77. The van der Waals surface area contributed by atoms with Crippen molar-refractivity contribution in [2.24, 2.45) is 0 Å². The topological polar surface area (TPSA) is 51.1 Å². The molecule has 0 aromatic carbocycles. The Kier molecular flexibility index (Phi) is 4.82. The van der Waals surface area contributed by atoms with Crippen LogP contribution in [0.2, 0.25) is 5.02 Å². The molecule has 130 valence electrons. The molecule has 0 aliphatic carbocycles. The van der Waals surface area contributed by atoms with Crippen molar-refractivity contribution in [1.82, 2.24) is 15.0 Å². The number of aromatic nitrogens is 3. The highest BCUT2D eigenvalue weighted by molar-refractivity contribution is 7.09. The zero-order valence-electron chi connectivity index (χ0n) is 12.7. The minimum atomic E-state index is -4.41. The lowest BCUT2D eigenvalue weighted by atomic mass is 9.99. The zero-order valence-corrected chi connectivity index (χ0v) is 14.3. The molecule has 2 aromatic rings. The normalized spacial score (nSPS) is 18.7. The standard InChI is InChI=1S/C14H14ClF3N4OS/c1-23-13-19-5-9(15)11(21-13)22-4-2-3-8(6-22)12-20-10(7-24-12)14(16,17)18/h5,7-8H,2-4,6H2,1H3. The largest absolute Gasteiger partial charge is 0.467 e. The lowest BCUT2D eigenvalue weighted by Gasteiger charge is -2.33. The van der Waals surface area contributed by atoms with Crippen molar-refractivity contribution in [3.8, 4) is 6.01 Å². The van der Waals surface area contributed by atoms with Gasteiger partial charge in [0.05, 0.1) is 18.3 Å². The van der Waals surface area contributed by atoms with E-state index in [0.29, 0.717) is 28.9 Å². The number of rotatable bonds is 3. The monoisotopic (exact) mass is 378 g/mol. The van der Waals surface area contributed by atoms with E-state index in [-0.39, 0.29) is 11.9 Å². The van der Waals surface area contributed by atoms with Crippen LogP contribution in [0.4, 0.5) is 19.0 Å². The number of hydrogen-bond acceptors (Lipinski definition) is 6. The van der Waals surface area contributed by atoms with E-state index in [0.717, 1.165) is 29.6 Å². The summed E-state index contributed by atoms with van der Waals surface area (Å²) < 4.78 is 43.2. The summed E-state index contributed by atoms with van der Waals surface area (Å²) in [6, 6.07) is 0.199. The number of nitrogens with zero attached hydrogens (tertiary/aromatic N) is 4. The molecule has 0 radical (unpaired) electrons. The first-order chi connectivity index (χ1) is 11.4. The Morgan fingerprint density at radius 2 is 2.17 bits per heavy atom. The molecule has 1 atom stereocenters. The minimum absolute atomic E-state index is 0.0862. The highest BCUT2D eigenvalue weighted by atomic mass is 35.5. The third kappa shape index (κ3) is 3.56. The van der Waals surface area contributed by atoms with Gasteiger partial charge in [-0.05, 0) is 12.8 Å². The molecule has 1 fully saturated rings. The maximum absolute atomic E-state index is 12.7. The van der Waals surface area contributed by atoms with Gasteiger partial charge >= 0.3 is 12.2 Å². The molecule has 2 aromatic heterocycles. The number of alkyl halides is 3. The van der Waals surface area contributed by atoms with Gasteiger partial charge in [0, 0.05) is 24.4 Å². The van der Waals surface area contributed by atoms with Crippen molar-refractivity contribution in [3.63, 3.8) is 0 Å². The molecule has 0 spiro atoms. The molecule has 0 amide bonds. The lowest BCUT2D eigenvalue weighted by molar-refractivity contribution is -0.140. The van der Waals surface area contributed by atoms with E-state index in [4.69, 9.17) is 16.3 Å². The molecule has 3 rings (SSSR count). The lowest BCUT2D eigenvalue weighted by Crippen LogP contribution is -2.35. The van der Waals surface area contributed by atoms with E-state index in [1.807, 2.05) is 4.90 Å². The van der Waals surface area contributed by atoms with E-state index in [1.54, 1.807) is 0 Å². The van der Waals surface area contributed by atoms with Crippen molar-refractivity contribution >= 4 is 28.8 Å². The molecule has 1 aliphatic rings. The van der Waals surface area contributed by atoms with Crippen molar-refractivity contribution in [2.45, 2.75) is 24.9 Å². The molecule has 1 aliphatic heterocycles. The Morgan fingerprint density at radius 3 is 2.83 bits per heavy atom. The number of piperidine rings is 1. The predicted octanol–water partition coefficient (Wildman–Crippen LogP) is 4.00. The highest BCUT2D eigenvalue weighted by Crippen LogP contribution is 2.36. The van der Waals surface area contributed by atoms with E-state index in [2.05, 4.69) is 15.0 Å². The van der Waals surface area contributed by atoms with Crippen LogP contribution in [0.15, 0.2) is 11.6 Å². The molecule has 0 bridgehead atoms. The van der Waals surface area contributed by atoms with Gasteiger partial charge in [0.2, 0.25) is 0 Å². The molecule has 0 N–H and O–H groups in total. The van der Waals surface area contributed by atoms with Gasteiger partial charge in [-0.2, -0.15) is 18.2 Å². The van der Waals surface area contributed by atoms with Crippen molar-refractivity contribution < 1.29 is 17.9 Å². The fraction of sp³-hybridized carbons (Fsp3) is 0.500. The van der Waals surface area contributed by atoms with Crippen LogP contribution in [0.25, 0.3) is 0 Å². The van der Waals surface area contributed by atoms with Gasteiger partial charge in [-0.15, -0.1) is 11.3 Å². The molecule has 5 nitrogen and oxygen atoms in total. The average Bonchev–Trinajstić information content (AvgIpc) is 3.06. The fourth-order valence-electron chi connectivity index (χ4n) is 2.64. The van der Waals surface area contributed by atoms with Gasteiger partial charge in [-0.3, -0.25) is 0 Å². The molecule has 24 heavy (non-hydrogen) atoms.